The predicted octanol–water partition coefficient (Wildman–Crippen LogP) is 2.53. The summed E-state index contributed by atoms with van der Waals surface area (Å²) >= 11 is 0. The molecule has 0 spiro atoms. The number of amides is 2. The Hall–Kier alpha value is -1.27. The molecule has 0 radical (unpaired) electrons. The summed E-state index contributed by atoms with van der Waals surface area (Å²) in [5.41, 5.74) is -0.0684. The molecule has 4 fully saturated rings. The molecule has 130 valence electrons. The fourth-order valence-corrected chi connectivity index (χ4v) is 5.17. The molecule has 7 heteroatoms. The molecule has 4 saturated carbocycles. The quantitative estimate of drug-likeness (QED) is 0.760. The van der Waals surface area contributed by atoms with E-state index in [0.29, 0.717) is 0 Å². The summed E-state index contributed by atoms with van der Waals surface area (Å²) in [6, 6.07) is 0. The molecule has 4 nitrogen and oxygen atoms in total. The van der Waals surface area contributed by atoms with E-state index in [4.69, 9.17) is 0 Å². The maximum atomic E-state index is 12.1. The summed E-state index contributed by atoms with van der Waals surface area (Å²) in [5, 5.41) is 4.96. The monoisotopic (exact) mass is 332 g/mol. The summed E-state index contributed by atoms with van der Waals surface area (Å²) in [6.07, 6.45) is 2.54. The number of hydrogen-bond donors (Lipinski definition) is 2. The second-order valence-electron chi connectivity index (χ2n) is 7.60. The van der Waals surface area contributed by atoms with Gasteiger partial charge in [0.25, 0.3) is 0 Å². The summed E-state index contributed by atoms with van der Waals surface area (Å²) in [7, 11) is 0. The average molecular weight is 332 g/mol. The van der Waals surface area contributed by atoms with Gasteiger partial charge < -0.3 is 10.6 Å². The third-order valence-electron chi connectivity index (χ3n) is 5.57. The van der Waals surface area contributed by atoms with Crippen LogP contribution in [0.4, 0.5) is 13.2 Å². The maximum Gasteiger partial charge on any atom is 0.471 e. The Morgan fingerprint density at radius 2 is 1.52 bits per heavy atom. The molecule has 4 bridgehead atoms. The van der Waals surface area contributed by atoms with Crippen LogP contribution in [0.1, 0.15) is 51.4 Å². The van der Waals surface area contributed by atoms with Crippen LogP contribution in [0.5, 0.6) is 0 Å². The predicted molar refractivity (Wildman–Crippen MR) is 77.3 cm³/mol. The molecule has 4 rings (SSSR count). The number of nitrogens with one attached hydrogen (secondary N) is 2. The van der Waals surface area contributed by atoms with Crippen LogP contribution in [-0.2, 0) is 9.59 Å². The molecule has 2 N–H and O–H groups in total. The van der Waals surface area contributed by atoms with Crippen LogP contribution in [-0.4, -0.2) is 30.1 Å². The van der Waals surface area contributed by atoms with Crippen LogP contribution < -0.4 is 10.6 Å². The molecule has 4 aliphatic rings. The first-order chi connectivity index (χ1) is 10.8. The average Bonchev–Trinajstić information content (AvgIpc) is 2.40. The fraction of sp³-hybridized carbons (Fsp3) is 0.875. The Labute approximate surface area is 133 Å². The van der Waals surface area contributed by atoms with E-state index in [1.165, 1.54) is 19.3 Å². The number of rotatable bonds is 5. The molecular weight excluding hydrogens is 309 g/mol. The van der Waals surface area contributed by atoms with Crippen LogP contribution >= 0.6 is 0 Å². The Bertz CT molecular complexity index is 455. The van der Waals surface area contributed by atoms with Gasteiger partial charge in [-0.3, -0.25) is 9.59 Å². The zero-order valence-electron chi connectivity index (χ0n) is 13.0. The zero-order chi connectivity index (χ0) is 16.7. The second kappa shape index (κ2) is 5.98. The number of halogens is 3. The Kier molecular flexibility index (Phi) is 4.31. The van der Waals surface area contributed by atoms with Gasteiger partial charge in [-0.05, 0) is 62.7 Å². The molecule has 0 aromatic carbocycles. The first-order valence-electron chi connectivity index (χ1n) is 8.42. The topological polar surface area (TPSA) is 58.2 Å². The second-order valence-corrected chi connectivity index (χ2v) is 7.60. The van der Waals surface area contributed by atoms with Crippen molar-refractivity contribution >= 4 is 11.8 Å². The molecule has 0 aromatic heterocycles. The van der Waals surface area contributed by atoms with Crippen molar-refractivity contribution < 1.29 is 22.8 Å². The van der Waals surface area contributed by atoms with Crippen molar-refractivity contribution in [2.24, 2.45) is 17.8 Å². The van der Waals surface area contributed by atoms with Crippen LogP contribution in [0, 0.1) is 17.8 Å². The summed E-state index contributed by atoms with van der Waals surface area (Å²) < 4.78 is 36.1. The Balaban J connectivity index is 1.41. The summed E-state index contributed by atoms with van der Waals surface area (Å²) in [6.45, 7) is -0.132. The standard InChI is InChI=1S/C16H23F3N2O2/c17-16(18,19)14(23)20-3-1-2-13(22)21-15-7-10-4-11(8-15)6-12(5-10)9-15/h10-12H,1-9H2,(H,20,23)(H,21,22). The van der Waals surface area contributed by atoms with Crippen LogP contribution in [0.3, 0.4) is 0 Å². The van der Waals surface area contributed by atoms with E-state index in [2.05, 4.69) is 5.32 Å². The SMILES string of the molecule is O=C(CCCNC(=O)C(F)(F)F)NC12CC3CC(CC(C3)C1)C2. The van der Waals surface area contributed by atoms with Crippen molar-refractivity contribution in [1.82, 2.24) is 10.6 Å². The smallest absolute Gasteiger partial charge is 0.351 e. The number of alkyl halides is 3. The van der Waals surface area contributed by atoms with Crippen LogP contribution in [0.2, 0.25) is 0 Å². The van der Waals surface area contributed by atoms with Gasteiger partial charge in [0.2, 0.25) is 5.91 Å². The molecule has 4 aliphatic carbocycles. The highest BCUT2D eigenvalue weighted by Crippen LogP contribution is 2.55. The minimum Gasteiger partial charge on any atom is -0.351 e. The van der Waals surface area contributed by atoms with E-state index in [1.807, 2.05) is 0 Å². The largest absolute Gasteiger partial charge is 0.471 e. The minimum absolute atomic E-state index is 0.0684. The highest BCUT2D eigenvalue weighted by atomic mass is 19.4. The normalized spacial score (nSPS) is 35.2. The molecule has 0 heterocycles. The number of carbonyl (C=O) groups excluding carboxylic acids is 2. The minimum atomic E-state index is -4.86. The van der Waals surface area contributed by atoms with Crippen LogP contribution in [0.15, 0.2) is 0 Å². The lowest BCUT2D eigenvalue weighted by atomic mass is 9.53. The van der Waals surface area contributed by atoms with E-state index in [9.17, 15) is 22.8 Å². The van der Waals surface area contributed by atoms with Crippen molar-refractivity contribution in [3.63, 3.8) is 0 Å². The fourth-order valence-electron chi connectivity index (χ4n) is 5.17. The van der Waals surface area contributed by atoms with Gasteiger partial charge in [0.15, 0.2) is 0 Å². The van der Waals surface area contributed by atoms with Gasteiger partial charge >= 0.3 is 12.1 Å². The van der Waals surface area contributed by atoms with Crippen molar-refractivity contribution in [2.45, 2.75) is 63.1 Å². The van der Waals surface area contributed by atoms with E-state index >= 15 is 0 Å². The van der Waals surface area contributed by atoms with Gasteiger partial charge in [-0.2, -0.15) is 13.2 Å². The van der Waals surface area contributed by atoms with E-state index < -0.39 is 12.1 Å². The first kappa shape index (κ1) is 16.6. The maximum absolute atomic E-state index is 12.1. The summed E-state index contributed by atoms with van der Waals surface area (Å²) in [5.74, 6) is 0.139. The van der Waals surface area contributed by atoms with Crippen molar-refractivity contribution in [2.75, 3.05) is 6.54 Å². The van der Waals surface area contributed by atoms with Crippen LogP contribution in [0.25, 0.3) is 0 Å². The lowest BCUT2D eigenvalue weighted by molar-refractivity contribution is -0.173. The van der Waals surface area contributed by atoms with E-state index in [0.717, 1.165) is 37.0 Å². The van der Waals surface area contributed by atoms with Crippen molar-refractivity contribution in [1.29, 1.82) is 0 Å². The molecule has 0 aromatic rings. The molecule has 23 heavy (non-hydrogen) atoms. The van der Waals surface area contributed by atoms with Crippen molar-refractivity contribution in [3.8, 4) is 0 Å². The highest BCUT2D eigenvalue weighted by Gasteiger charge is 2.51. The third kappa shape index (κ3) is 3.80. The molecule has 0 aliphatic heterocycles. The third-order valence-corrected chi connectivity index (χ3v) is 5.57. The number of carbonyl (C=O) groups is 2. The number of hydrogen-bond acceptors (Lipinski definition) is 2. The Morgan fingerprint density at radius 1 is 1.00 bits per heavy atom. The van der Waals surface area contributed by atoms with Gasteiger partial charge in [0.1, 0.15) is 0 Å². The Morgan fingerprint density at radius 3 is 2.00 bits per heavy atom. The van der Waals surface area contributed by atoms with Gasteiger partial charge in [0, 0.05) is 18.5 Å². The van der Waals surface area contributed by atoms with Gasteiger partial charge in [-0.1, -0.05) is 0 Å². The summed E-state index contributed by atoms with van der Waals surface area (Å²) in [4.78, 5) is 22.8. The molecule has 2 amide bonds. The zero-order valence-corrected chi connectivity index (χ0v) is 13.0. The highest BCUT2D eigenvalue weighted by molar-refractivity contribution is 5.81. The first-order valence-corrected chi connectivity index (χ1v) is 8.42. The molecule has 0 saturated heterocycles. The lowest BCUT2D eigenvalue weighted by Crippen LogP contribution is -2.59. The lowest BCUT2D eigenvalue weighted by Gasteiger charge is -2.56. The molecule has 0 atom stereocenters. The van der Waals surface area contributed by atoms with Gasteiger partial charge in [0.05, 0.1) is 0 Å². The van der Waals surface area contributed by atoms with E-state index in [-0.39, 0.29) is 30.8 Å². The van der Waals surface area contributed by atoms with E-state index in [1.54, 1.807) is 5.32 Å². The molecule has 0 unspecified atom stereocenters. The molecular formula is C16H23F3N2O2. The van der Waals surface area contributed by atoms with Gasteiger partial charge in [-0.15, -0.1) is 0 Å². The van der Waals surface area contributed by atoms with Gasteiger partial charge in [-0.25, -0.2) is 0 Å². The van der Waals surface area contributed by atoms with Crippen molar-refractivity contribution in [3.05, 3.63) is 0 Å².